The number of carbonyl (C=O) groups is 1. The van der Waals surface area contributed by atoms with E-state index in [1.165, 1.54) is 13.0 Å². The van der Waals surface area contributed by atoms with Crippen LogP contribution in [0.3, 0.4) is 0 Å². The van der Waals surface area contributed by atoms with Crippen LogP contribution in [0.5, 0.6) is 5.75 Å². The number of benzene rings is 1. The monoisotopic (exact) mass is 313 g/mol. The first-order chi connectivity index (χ1) is 9.90. The van der Waals surface area contributed by atoms with Crippen LogP contribution in [-0.2, 0) is 11.3 Å². The van der Waals surface area contributed by atoms with E-state index in [2.05, 4.69) is 18.7 Å². The summed E-state index contributed by atoms with van der Waals surface area (Å²) in [5.74, 6) is -0.166. The molecule has 1 rings (SSSR count). The van der Waals surface area contributed by atoms with Crippen LogP contribution in [0.25, 0.3) is 0 Å². The number of phenols is 1. The zero-order valence-corrected chi connectivity index (χ0v) is 13.9. The molecule has 0 bridgehead atoms. The molecule has 4 nitrogen and oxygen atoms in total. The van der Waals surface area contributed by atoms with Crippen molar-refractivity contribution in [1.82, 2.24) is 4.90 Å². The van der Waals surface area contributed by atoms with Gasteiger partial charge in [0.2, 0.25) is 0 Å². The minimum Gasteiger partial charge on any atom is -0.507 e. The van der Waals surface area contributed by atoms with Crippen molar-refractivity contribution < 1.29 is 14.6 Å². The third kappa shape index (κ3) is 4.99. The molecule has 0 aliphatic rings. The summed E-state index contributed by atoms with van der Waals surface area (Å²) in [7, 11) is 1.67. The topological polar surface area (TPSA) is 49.8 Å². The molecule has 1 atom stereocenters. The molecular weight excluding hydrogens is 290 g/mol. The highest BCUT2D eigenvalue weighted by Gasteiger charge is 2.18. The fourth-order valence-electron chi connectivity index (χ4n) is 2.19. The van der Waals surface area contributed by atoms with Gasteiger partial charge in [-0.2, -0.15) is 0 Å². The van der Waals surface area contributed by atoms with Gasteiger partial charge in [-0.15, -0.1) is 0 Å². The number of Topliss-reactive ketones (excluding diaryl/α,β-unsaturated/α-hetero) is 1. The lowest BCUT2D eigenvalue weighted by atomic mass is 10.0. The van der Waals surface area contributed by atoms with Gasteiger partial charge >= 0.3 is 0 Å². The summed E-state index contributed by atoms with van der Waals surface area (Å²) < 4.78 is 5.14. The molecule has 0 spiro atoms. The van der Waals surface area contributed by atoms with Gasteiger partial charge < -0.3 is 9.84 Å². The van der Waals surface area contributed by atoms with E-state index in [1.807, 2.05) is 0 Å². The second-order valence-electron chi connectivity index (χ2n) is 5.24. The maximum atomic E-state index is 11.6. The van der Waals surface area contributed by atoms with Crippen molar-refractivity contribution in [3.05, 3.63) is 28.3 Å². The van der Waals surface area contributed by atoms with Crippen LogP contribution in [0.1, 0.15) is 43.1 Å². The summed E-state index contributed by atoms with van der Waals surface area (Å²) in [6, 6.07) is 3.57. The summed E-state index contributed by atoms with van der Waals surface area (Å²) >= 11 is 6.06. The molecule has 0 radical (unpaired) electrons. The number of ether oxygens (including phenoxy) is 1. The Morgan fingerprint density at radius 2 is 2.14 bits per heavy atom. The summed E-state index contributed by atoms with van der Waals surface area (Å²) in [6.07, 6.45) is 0.991. The van der Waals surface area contributed by atoms with E-state index in [0.717, 1.165) is 13.0 Å². The lowest BCUT2D eigenvalue weighted by molar-refractivity contribution is 0.101. The Hall–Kier alpha value is -1.10. The molecule has 0 aliphatic heterocycles. The summed E-state index contributed by atoms with van der Waals surface area (Å²) in [5, 5.41) is 10.7. The van der Waals surface area contributed by atoms with E-state index in [4.69, 9.17) is 16.3 Å². The first-order valence-corrected chi connectivity index (χ1v) is 7.53. The van der Waals surface area contributed by atoms with Crippen LogP contribution in [0.4, 0.5) is 0 Å². The van der Waals surface area contributed by atoms with Gasteiger partial charge in [0.1, 0.15) is 5.75 Å². The Balaban J connectivity index is 3.05. The van der Waals surface area contributed by atoms with Gasteiger partial charge in [-0.25, -0.2) is 0 Å². The van der Waals surface area contributed by atoms with Crippen molar-refractivity contribution in [2.45, 2.75) is 39.8 Å². The van der Waals surface area contributed by atoms with E-state index in [9.17, 15) is 9.90 Å². The molecule has 1 aromatic rings. The average molecular weight is 314 g/mol. The number of methoxy groups -OCH3 is 1. The largest absolute Gasteiger partial charge is 0.507 e. The van der Waals surface area contributed by atoms with E-state index in [1.54, 1.807) is 13.2 Å². The van der Waals surface area contributed by atoms with Gasteiger partial charge in [-0.3, -0.25) is 9.69 Å². The van der Waals surface area contributed by atoms with E-state index in [-0.39, 0.29) is 17.1 Å². The van der Waals surface area contributed by atoms with Gasteiger partial charge in [0, 0.05) is 36.8 Å². The average Bonchev–Trinajstić information content (AvgIpc) is 2.45. The molecule has 1 N–H and O–H groups in total. The number of rotatable bonds is 8. The number of carbonyl (C=O) groups excluding carboxylic acids is 1. The summed E-state index contributed by atoms with van der Waals surface area (Å²) in [4.78, 5) is 13.8. The quantitative estimate of drug-likeness (QED) is 0.746. The molecule has 21 heavy (non-hydrogen) atoms. The normalized spacial score (nSPS) is 12.7. The highest BCUT2D eigenvalue weighted by atomic mass is 35.5. The van der Waals surface area contributed by atoms with Crippen LogP contribution in [0.15, 0.2) is 12.1 Å². The zero-order valence-electron chi connectivity index (χ0n) is 13.1. The number of ketones is 1. The van der Waals surface area contributed by atoms with Gasteiger partial charge in [-0.1, -0.05) is 18.5 Å². The molecule has 1 unspecified atom stereocenters. The minimum atomic E-state index is -0.191. The molecule has 0 amide bonds. The predicted molar refractivity (Wildman–Crippen MR) is 85.2 cm³/mol. The Kier molecular flexibility index (Phi) is 7.15. The molecule has 0 saturated carbocycles. The Labute approximate surface area is 131 Å². The van der Waals surface area contributed by atoms with E-state index in [0.29, 0.717) is 29.8 Å². The van der Waals surface area contributed by atoms with Gasteiger partial charge in [0.15, 0.2) is 5.78 Å². The predicted octanol–water partition coefficient (Wildman–Crippen LogP) is 3.50. The molecule has 0 aliphatic carbocycles. The third-order valence-electron chi connectivity index (χ3n) is 3.70. The first-order valence-electron chi connectivity index (χ1n) is 7.16. The number of phenolic OH excluding ortho intramolecular Hbond substituents is 1. The van der Waals surface area contributed by atoms with Gasteiger partial charge in [0.25, 0.3) is 0 Å². The molecular formula is C16H24ClNO3. The highest BCUT2D eigenvalue weighted by molar-refractivity contribution is 6.31. The highest BCUT2D eigenvalue weighted by Crippen LogP contribution is 2.29. The van der Waals surface area contributed by atoms with Crippen molar-refractivity contribution in [3.8, 4) is 5.75 Å². The Morgan fingerprint density at radius 3 is 2.67 bits per heavy atom. The number of nitrogens with zero attached hydrogens (tertiary/aromatic N) is 1. The maximum absolute atomic E-state index is 11.6. The molecule has 118 valence electrons. The fraction of sp³-hybridized carbons (Fsp3) is 0.562. The Morgan fingerprint density at radius 1 is 1.48 bits per heavy atom. The number of aromatic hydroxyl groups is 1. The second-order valence-corrected chi connectivity index (χ2v) is 5.67. The Bertz CT molecular complexity index is 491. The van der Waals surface area contributed by atoms with E-state index < -0.39 is 0 Å². The maximum Gasteiger partial charge on any atom is 0.163 e. The van der Waals surface area contributed by atoms with Crippen molar-refractivity contribution in [3.63, 3.8) is 0 Å². The second kappa shape index (κ2) is 8.37. The zero-order chi connectivity index (χ0) is 16.0. The van der Waals surface area contributed by atoms with E-state index >= 15 is 0 Å². The van der Waals surface area contributed by atoms with Crippen LogP contribution in [0.2, 0.25) is 5.02 Å². The summed E-state index contributed by atoms with van der Waals surface area (Å²) in [6.45, 7) is 7.57. The van der Waals surface area contributed by atoms with Crippen molar-refractivity contribution >= 4 is 17.4 Å². The molecule has 5 heteroatoms. The lowest BCUT2D eigenvalue weighted by Gasteiger charge is -2.28. The van der Waals surface area contributed by atoms with Crippen LogP contribution < -0.4 is 0 Å². The summed E-state index contributed by atoms with van der Waals surface area (Å²) in [5.41, 5.74) is 0.942. The molecule has 0 heterocycles. The lowest BCUT2D eigenvalue weighted by Crippen LogP contribution is -2.34. The van der Waals surface area contributed by atoms with Crippen LogP contribution >= 0.6 is 11.6 Å². The van der Waals surface area contributed by atoms with Crippen molar-refractivity contribution in [2.24, 2.45) is 0 Å². The number of hydrogen-bond donors (Lipinski definition) is 1. The molecule has 1 aromatic carbocycles. The fourth-order valence-corrected chi connectivity index (χ4v) is 2.43. The van der Waals surface area contributed by atoms with Crippen molar-refractivity contribution in [1.29, 1.82) is 0 Å². The van der Waals surface area contributed by atoms with Crippen molar-refractivity contribution in [2.75, 3.05) is 20.3 Å². The van der Waals surface area contributed by atoms with Crippen LogP contribution in [0, 0.1) is 0 Å². The number of halogens is 1. The molecule has 0 saturated heterocycles. The SMILES string of the molecule is CCC(C)N(CCOC)Cc1cc(Cl)cc(C(C)=O)c1O. The minimum absolute atomic E-state index is 0.0256. The number of hydrogen-bond acceptors (Lipinski definition) is 4. The third-order valence-corrected chi connectivity index (χ3v) is 3.92. The first kappa shape index (κ1) is 18.0. The van der Waals surface area contributed by atoms with Crippen LogP contribution in [-0.4, -0.2) is 42.1 Å². The van der Waals surface area contributed by atoms with Gasteiger partial charge in [0.05, 0.1) is 12.2 Å². The standard InChI is InChI=1S/C16H24ClNO3/c1-5-11(2)18(6-7-21-4)10-13-8-14(17)9-15(12(3)19)16(13)20/h8-9,11,20H,5-7,10H2,1-4H3. The molecule has 0 fully saturated rings. The molecule has 0 aromatic heterocycles. The van der Waals surface area contributed by atoms with Gasteiger partial charge in [-0.05, 0) is 32.4 Å². The smallest absolute Gasteiger partial charge is 0.163 e.